The molecular formula is C27H35N7O3. The minimum Gasteiger partial charge on any atom is -0.348 e. The molecular weight excluding hydrogens is 470 g/mol. The molecule has 0 spiro atoms. The molecule has 0 fully saturated rings. The quantitative estimate of drug-likeness (QED) is 0.510. The molecule has 4 rings (SSSR count). The Morgan fingerprint density at radius 1 is 1.22 bits per heavy atom. The maximum absolute atomic E-state index is 13.4. The highest BCUT2D eigenvalue weighted by Gasteiger charge is 2.23. The maximum Gasteiger partial charge on any atom is 0.253 e. The molecule has 0 aromatic carbocycles. The molecule has 0 radical (unpaired) electrons. The summed E-state index contributed by atoms with van der Waals surface area (Å²) in [6.45, 7) is 9.30. The van der Waals surface area contributed by atoms with Gasteiger partial charge >= 0.3 is 0 Å². The van der Waals surface area contributed by atoms with E-state index in [9.17, 15) is 14.4 Å². The zero-order valence-corrected chi connectivity index (χ0v) is 22.4. The van der Waals surface area contributed by atoms with Crippen LogP contribution in [0.1, 0.15) is 59.2 Å². The summed E-state index contributed by atoms with van der Waals surface area (Å²) in [5.74, 6) is -0.210. The first-order valence-corrected chi connectivity index (χ1v) is 12.5. The minimum absolute atomic E-state index is 0.0596. The number of aromatic nitrogens is 4. The van der Waals surface area contributed by atoms with Crippen molar-refractivity contribution in [2.45, 2.75) is 46.7 Å². The molecule has 4 heterocycles. The minimum atomic E-state index is -0.296. The van der Waals surface area contributed by atoms with Gasteiger partial charge in [0.05, 0.1) is 29.4 Å². The highest BCUT2D eigenvalue weighted by atomic mass is 16.2. The average molecular weight is 506 g/mol. The van der Waals surface area contributed by atoms with Gasteiger partial charge < -0.3 is 20.1 Å². The molecule has 10 heteroatoms. The lowest BCUT2D eigenvalue weighted by Gasteiger charge is -2.27. The topological polar surface area (TPSA) is 116 Å². The number of nitrogens with one attached hydrogen (secondary N) is 2. The van der Waals surface area contributed by atoms with Crippen molar-refractivity contribution in [1.29, 1.82) is 0 Å². The second kappa shape index (κ2) is 10.7. The highest BCUT2D eigenvalue weighted by molar-refractivity contribution is 6.06. The largest absolute Gasteiger partial charge is 0.348 e. The lowest BCUT2D eigenvalue weighted by atomic mass is 10.0. The van der Waals surface area contributed by atoms with Crippen LogP contribution in [0.3, 0.4) is 0 Å². The summed E-state index contributed by atoms with van der Waals surface area (Å²) in [6, 6.07) is 3.74. The molecule has 3 aromatic rings. The van der Waals surface area contributed by atoms with E-state index in [0.29, 0.717) is 53.9 Å². The number of H-pyrrole nitrogens is 1. The molecule has 37 heavy (non-hydrogen) atoms. The summed E-state index contributed by atoms with van der Waals surface area (Å²) in [4.78, 5) is 49.7. The summed E-state index contributed by atoms with van der Waals surface area (Å²) in [5.41, 5.74) is 4.72. The van der Waals surface area contributed by atoms with Crippen molar-refractivity contribution in [2.24, 2.45) is 0 Å². The third-order valence-electron chi connectivity index (χ3n) is 6.56. The Morgan fingerprint density at radius 3 is 2.59 bits per heavy atom. The van der Waals surface area contributed by atoms with Crippen LogP contribution < -0.4 is 10.9 Å². The first kappa shape index (κ1) is 26.3. The van der Waals surface area contributed by atoms with Crippen molar-refractivity contribution in [2.75, 3.05) is 33.7 Å². The summed E-state index contributed by atoms with van der Waals surface area (Å²) in [7, 11) is 3.76. The predicted molar refractivity (Wildman–Crippen MR) is 143 cm³/mol. The molecule has 2 amide bonds. The molecule has 0 aliphatic carbocycles. The molecule has 0 unspecified atom stereocenters. The number of carbonyl (C=O) groups is 2. The molecule has 3 aromatic heterocycles. The summed E-state index contributed by atoms with van der Waals surface area (Å²) in [5, 5.41) is 8.06. The fourth-order valence-corrected chi connectivity index (χ4v) is 4.61. The number of amides is 2. The standard InChI is InChI=1S/C27H35N7O3/c1-16(2)34-25-22(14-29-34)20(26(36)28-13-21-17(3)11-18(4)30-27(21)37)12-23(31-25)19-7-9-33(10-8-19)24(35)15-32(5)6/h7,11-12,14,16H,8-10,13,15H2,1-6H3,(H,28,36)(H,30,37). The molecule has 2 N–H and O–H groups in total. The smallest absolute Gasteiger partial charge is 0.253 e. The maximum atomic E-state index is 13.4. The Bertz CT molecular complexity index is 1430. The van der Waals surface area contributed by atoms with Gasteiger partial charge in [0.15, 0.2) is 5.65 Å². The van der Waals surface area contributed by atoms with Gasteiger partial charge in [-0.25, -0.2) is 9.67 Å². The van der Waals surface area contributed by atoms with Gasteiger partial charge in [-0.3, -0.25) is 14.4 Å². The molecule has 0 bridgehead atoms. The van der Waals surface area contributed by atoms with Crippen LogP contribution in [-0.4, -0.2) is 75.1 Å². The van der Waals surface area contributed by atoms with E-state index < -0.39 is 0 Å². The Kier molecular flexibility index (Phi) is 7.58. The van der Waals surface area contributed by atoms with Crippen LogP contribution in [0.15, 0.2) is 29.2 Å². The van der Waals surface area contributed by atoms with Crippen molar-refractivity contribution in [3.8, 4) is 0 Å². The fourth-order valence-electron chi connectivity index (χ4n) is 4.61. The number of pyridine rings is 2. The van der Waals surface area contributed by atoms with Gasteiger partial charge in [-0.2, -0.15) is 5.10 Å². The molecule has 0 atom stereocenters. The number of nitrogens with zero attached hydrogens (tertiary/aromatic N) is 5. The number of likely N-dealkylation sites (N-methyl/N-ethyl adjacent to an activating group) is 1. The van der Waals surface area contributed by atoms with Crippen LogP contribution >= 0.6 is 0 Å². The van der Waals surface area contributed by atoms with E-state index >= 15 is 0 Å². The van der Waals surface area contributed by atoms with Crippen LogP contribution in [0.2, 0.25) is 0 Å². The number of rotatable bonds is 7. The molecule has 196 valence electrons. The van der Waals surface area contributed by atoms with Gasteiger partial charge in [-0.1, -0.05) is 6.08 Å². The zero-order valence-electron chi connectivity index (χ0n) is 22.4. The van der Waals surface area contributed by atoms with Crippen molar-refractivity contribution in [3.05, 3.63) is 62.8 Å². The Hall–Kier alpha value is -3.79. The number of hydrogen-bond acceptors (Lipinski definition) is 6. The second-order valence-electron chi connectivity index (χ2n) is 10.2. The third-order valence-corrected chi connectivity index (χ3v) is 6.56. The molecule has 0 saturated heterocycles. The van der Waals surface area contributed by atoms with Gasteiger partial charge in [0, 0.05) is 36.9 Å². The first-order valence-electron chi connectivity index (χ1n) is 12.5. The molecule has 1 aliphatic rings. The third kappa shape index (κ3) is 5.64. The predicted octanol–water partition coefficient (Wildman–Crippen LogP) is 2.42. The summed E-state index contributed by atoms with van der Waals surface area (Å²) >= 11 is 0. The van der Waals surface area contributed by atoms with Gasteiger partial charge in [0.1, 0.15) is 0 Å². The van der Waals surface area contributed by atoms with Crippen molar-refractivity contribution >= 4 is 28.4 Å². The Labute approximate surface area is 216 Å². The zero-order chi connectivity index (χ0) is 26.9. The Morgan fingerprint density at radius 2 is 1.97 bits per heavy atom. The van der Waals surface area contributed by atoms with E-state index in [0.717, 1.165) is 16.8 Å². The van der Waals surface area contributed by atoms with Crippen LogP contribution in [0.25, 0.3) is 16.6 Å². The lowest BCUT2D eigenvalue weighted by Crippen LogP contribution is -2.40. The van der Waals surface area contributed by atoms with Crippen LogP contribution in [0.5, 0.6) is 0 Å². The van der Waals surface area contributed by atoms with Crippen molar-refractivity contribution < 1.29 is 9.59 Å². The molecule has 10 nitrogen and oxygen atoms in total. The van der Waals surface area contributed by atoms with Gasteiger partial charge in [-0.05, 0) is 71.5 Å². The van der Waals surface area contributed by atoms with Gasteiger partial charge in [0.25, 0.3) is 11.5 Å². The number of carbonyl (C=O) groups excluding carboxylic acids is 2. The van der Waals surface area contributed by atoms with E-state index in [1.807, 2.05) is 63.7 Å². The number of hydrogen-bond donors (Lipinski definition) is 2. The second-order valence-corrected chi connectivity index (χ2v) is 10.2. The average Bonchev–Trinajstić information content (AvgIpc) is 3.26. The van der Waals surface area contributed by atoms with Crippen molar-refractivity contribution in [1.82, 2.24) is 34.9 Å². The number of aryl methyl sites for hydroxylation is 2. The van der Waals surface area contributed by atoms with Gasteiger partial charge in [0.2, 0.25) is 5.91 Å². The first-order chi connectivity index (χ1) is 17.5. The summed E-state index contributed by atoms with van der Waals surface area (Å²) < 4.78 is 1.81. The van der Waals surface area contributed by atoms with E-state index in [2.05, 4.69) is 15.4 Å². The monoisotopic (exact) mass is 505 g/mol. The molecule has 0 saturated carbocycles. The normalized spacial score (nSPS) is 13.9. The van der Waals surface area contributed by atoms with Crippen LogP contribution in [-0.2, 0) is 11.3 Å². The van der Waals surface area contributed by atoms with Crippen molar-refractivity contribution in [3.63, 3.8) is 0 Å². The van der Waals surface area contributed by atoms with E-state index in [1.165, 1.54) is 0 Å². The SMILES string of the molecule is Cc1cc(C)c(CNC(=O)c2cc(C3=CCN(C(=O)CN(C)C)CC3)nc3c2cnn3C(C)C)c(=O)[nH]1. The van der Waals surface area contributed by atoms with E-state index in [-0.39, 0.29) is 30.0 Å². The number of fused-ring (bicyclic) bond motifs is 1. The Balaban J connectivity index is 1.66. The van der Waals surface area contributed by atoms with Crippen LogP contribution in [0.4, 0.5) is 0 Å². The molecule has 1 aliphatic heterocycles. The van der Waals surface area contributed by atoms with E-state index in [1.54, 1.807) is 16.9 Å². The van der Waals surface area contributed by atoms with E-state index in [4.69, 9.17) is 4.98 Å². The lowest BCUT2D eigenvalue weighted by molar-refractivity contribution is -0.131. The number of aromatic amines is 1. The summed E-state index contributed by atoms with van der Waals surface area (Å²) in [6.07, 6.45) is 4.33. The fraction of sp³-hybridized carbons (Fsp3) is 0.444. The highest BCUT2D eigenvalue weighted by Crippen LogP contribution is 2.27. The van der Waals surface area contributed by atoms with Gasteiger partial charge in [-0.15, -0.1) is 0 Å². The van der Waals surface area contributed by atoms with Crippen LogP contribution in [0, 0.1) is 13.8 Å².